The molecule has 0 spiro atoms. The average Bonchev–Trinajstić information content (AvgIpc) is 3.54. The third-order valence-electron chi connectivity index (χ3n) is 5.53. The molecule has 2 aromatic carbocycles. The molecule has 1 fully saturated rings. The van der Waals surface area contributed by atoms with Crippen LogP contribution in [0.5, 0.6) is 5.75 Å². The van der Waals surface area contributed by atoms with Gasteiger partial charge in [-0.05, 0) is 48.2 Å². The van der Waals surface area contributed by atoms with E-state index >= 15 is 0 Å². The van der Waals surface area contributed by atoms with Gasteiger partial charge >= 0.3 is 0 Å². The van der Waals surface area contributed by atoms with Gasteiger partial charge in [-0.15, -0.1) is 0 Å². The van der Waals surface area contributed by atoms with E-state index in [9.17, 15) is 0 Å². The molecule has 11 heteroatoms. The Labute approximate surface area is 222 Å². The molecule has 0 saturated carbocycles. The maximum absolute atomic E-state index is 6.52. The number of ether oxygens (including phenoxy) is 3. The molecule has 0 aliphatic carbocycles. The summed E-state index contributed by atoms with van der Waals surface area (Å²) in [6.45, 7) is 2.98. The quantitative estimate of drug-likeness (QED) is 0.202. The summed E-state index contributed by atoms with van der Waals surface area (Å²) in [5.41, 5.74) is 2.53. The number of hydrogen-bond donors (Lipinski definition) is 0. The molecule has 1 aliphatic heterocycles. The second-order valence-corrected chi connectivity index (χ2v) is 10.1. The molecule has 4 aromatic rings. The van der Waals surface area contributed by atoms with Crippen LogP contribution in [0.4, 0.5) is 0 Å². The van der Waals surface area contributed by atoms with Gasteiger partial charge in [0.05, 0.1) is 17.3 Å². The molecule has 36 heavy (non-hydrogen) atoms. The fourth-order valence-corrected chi connectivity index (χ4v) is 5.00. The lowest BCUT2D eigenvalue weighted by molar-refractivity contribution is -0.190. The Morgan fingerprint density at radius 2 is 2.03 bits per heavy atom. The van der Waals surface area contributed by atoms with Crippen LogP contribution in [0.15, 0.2) is 72.5 Å². The van der Waals surface area contributed by atoms with Crippen LogP contribution in [0, 0.1) is 0 Å². The van der Waals surface area contributed by atoms with Crippen molar-refractivity contribution in [2.24, 2.45) is 0 Å². The van der Waals surface area contributed by atoms with Crippen molar-refractivity contribution in [1.82, 2.24) is 24.7 Å². The zero-order valence-corrected chi connectivity index (χ0v) is 21.7. The van der Waals surface area contributed by atoms with Crippen LogP contribution < -0.4 is 4.74 Å². The van der Waals surface area contributed by atoms with E-state index in [0.29, 0.717) is 28.8 Å². The lowest BCUT2D eigenvalue weighted by Crippen LogP contribution is -2.35. The lowest BCUT2D eigenvalue weighted by atomic mass is 10.1. The minimum Gasteiger partial charge on any atom is -0.491 e. The standard InChI is InChI=1S/C25H23Cl2N5O3S/c1-2-36-24-29-10-9-23(31-24)17-3-6-19(7-4-17)33-12-20-13-34-25(35-20,14-32-16-28-15-30-32)21-8-5-18(26)11-22(21)27/h3-11,15-16,20H,2,12-14H2,1H3/t20-,25-/m1/s1. The minimum atomic E-state index is -1.14. The first-order valence-electron chi connectivity index (χ1n) is 11.3. The molecule has 0 amide bonds. The number of thioether (sulfide) groups is 1. The smallest absolute Gasteiger partial charge is 0.217 e. The van der Waals surface area contributed by atoms with Crippen LogP contribution in [-0.4, -0.2) is 49.8 Å². The normalized spacial score (nSPS) is 19.5. The van der Waals surface area contributed by atoms with Gasteiger partial charge < -0.3 is 14.2 Å². The van der Waals surface area contributed by atoms with Gasteiger partial charge in [-0.2, -0.15) is 5.10 Å². The van der Waals surface area contributed by atoms with E-state index in [1.54, 1.807) is 47.2 Å². The molecule has 1 aliphatic rings. The van der Waals surface area contributed by atoms with Crippen molar-refractivity contribution in [3.8, 4) is 17.0 Å². The van der Waals surface area contributed by atoms with Crippen molar-refractivity contribution in [2.75, 3.05) is 19.0 Å². The Hall–Kier alpha value is -2.69. The first-order chi connectivity index (χ1) is 17.5. The number of nitrogens with zero attached hydrogens (tertiary/aromatic N) is 5. The second kappa shape index (κ2) is 11.1. The maximum atomic E-state index is 6.52. The topological polar surface area (TPSA) is 84.2 Å². The highest BCUT2D eigenvalue weighted by molar-refractivity contribution is 7.99. The van der Waals surface area contributed by atoms with Gasteiger partial charge in [0.1, 0.15) is 37.7 Å². The monoisotopic (exact) mass is 543 g/mol. The van der Waals surface area contributed by atoms with Crippen LogP contribution in [0.2, 0.25) is 10.0 Å². The highest BCUT2D eigenvalue weighted by Crippen LogP contribution is 2.40. The van der Waals surface area contributed by atoms with Crippen molar-refractivity contribution in [3.05, 3.63) is 83.0 Å². The summed E-state index contributed by atoms with van der Waals surface area (Å²) in [5, 5.41) is 5.95. The summed E-state index contributed by atoms with van der Waals surface area (Å²) >= 11 is 14.2. The molecular formula is C25H23Cl2N5O3S. The number of hydrogen-bond acceptors (Lipinski definition) is 8. The Morgan fingerprint density at radius 1 is 1.17 bits per heavy atom. The fraction of sp³-hybridized carbons (Fsp3) is 0.280. The van der Waals surface area contributed by atoms with Crippen LogP contribution in [0.1, 0.15) is 12.5 Å². The van der Waals surface area contributed by atoms with Crippen LogP contribution >= 0.6 is 35.0 Å². The van der Waals surface area contributed by atoms with Gasteiger partial charge in [-0.25, -0.2) is 19.6 Å². The summed E-state index contributed by atoms with van der Waals surface area (Å²) in [7, 11) is 0. The Kier molecular flexibility index (Phi) is 7.73. The number of halogens is 2. The van der Waals surface area contributed by atoms with E-state index in [-0.39, 0.29) is 12.6 Å². The third kappa shape index (κ3) is 5.66. The molecule has 186 valence electrons. The highest BCUT2D eigenvalue weighted by Gasteiger charge is 2.45. The van der Waals surface area contributed by atoms with Crippen LogP contribution in [0.25, 0.3) is 11.3 Å². The second-order valence-electron chi connectivity index (χ2n) is 8.01. The molecule has 0 N–H and O–H groups in total. The predicted octanol–water partition coefficient (Wildman–Crippen LogP) is 5.50. The molecule has 0 unspecified atom stereocenters. The Bertz CT molecular complexity index is 1310. The van der Waals surface area contributed by atoms with Crippen LogP contribution in [0.3, 0.4) is 0 Å². The van der Waals surface area contributed by atoms with Crippen LogP contribution in [-0.2, 0) is 21.8 Å². The van der Waals surface area contributed by atoms with Crippen molar-refractivity contribution in [2.45, 2.75) is 30.5 Å². The van der Waals surface area contributed by atoms with Gasteiger partial charge in [0.15, 0.2) is 5.16 Å². The zero-order chi connectivity index (χ0) is 25.0. The number of rotatable bonds is 9. The maximum Gasteiger partial charge on any atom is 0.217 e. The first kappa shape index (κ1) is 25.0. The molecule has 1 saturated heterocycles. The summed E-state index contributed by atoms with van der Waals surface area (Å²) < 4.78 is 20.3. The van der Waals surface area contributed by atoms with E-state index in [4.69, 9.17) is 37.4 Å². The summed E-state index contributed by atoms with van der Waals surface area (Å²) in [6, 6.07) is 14.9. The molecule has 8 nitrogen and oxygen atoms in total. The van der Waals surface area contributed by atoms with Crippen molar-refractivity contribution < 1.29 is 14.2 Å². The van der Waals surface area contributed by atoms with E-state index in [2.05, 4.69) is 27.0 Å². The minimum absolute atomic E-state index is 0.275. The molecule has 2 aromatic heterocycles. The summed E-state index contributed by atoms with van der Waals surface area (Å²) in [6.07, 6.45) is 4.52. The van der Waals surface area contributed by atoms with Gasteiger partial charge in [0.25, 0.3) is 0 Å². The molecule has 2 atom stereocenters. The molecule has 0 bridgehead atoms. The SMILES string of the molecule is CCSc1nccc(-c2ccc(OC[C@@H]3CO[C@@](Cn4cncn4)(c4ccc(Cl)cc4Cl)O3)cc2)n1. The summed E-state index contributed by atoms with van der Waals surface area (Å²) in [5.74, 6) is 0.500. The van der Waals surface area contributed by atoms with Gasteiger partial charge in [-0.3, -0.25) is 0 Å². The fourth-order valence-electron chi connectivity index (χ4n) is 3.89. The van der Waals surface area contributed by atoms with Crippen molar-refractivity contribution in [1.29, 1.82) is 0 Å². The van der Waals surface area contributed by atoms with Gasteiger partial charge in [0.2, 0.25) is 5.79 Å². The van der Waals surface area contributed by atoms with Gasteiger partial charge in [-0.1, -0.05) is 48.0 Å². The highest BCUT2D eigenvalue weighted by atomic mass is 35.5. The van der Waals surface area contributed by atoms with Gasteiger partial charge in [0, 0.05) is 22.3 Å². The number of aromatic nitrogens is 5. The molecule has 3 heterocycles. The van der Waals surface area contributed by atoms with Crippen molar-refractivity contribution >= 4 is 35.0 Å². The van der Waals surface area contributed by atoms with E-state index < -0.39 is 5.79 Å². The molecular weight excluding hydrogens is 521 g/mol. The third-order valence-corrected chi connectivity index (χ3v) is 6.82. The predicted molar refractivity (Wildman–Crippen MR) is 138 cm³/mol. The van der Waals surface area contributed by atoms with E-state index in [1.165, 1.54) is 6.33 Å². The van der Waals surface area contributed by atoms with Crippen molar-refractivity contribution in [3.63, 3.8) is 0 Å². The largest absolute Gasteiger partial charge is 0.491 e. The zero-order valence-electron chi connectivity index (χ0n) is 19.4. The first-order valence-corrected chi connectivity index (χ1v) is 13.1. The number of benzene rings is 2. The Morgan fingerprint density at radius 3 is 2.78 bits per heavy atom. The Balaban J connectivity index is 1.27. The summed E-state index contributed by atoms with van der Waals surface area (Å²) in [4.78, 5) is 12.9. The van der Waals surface area contributed by atoms with E-state index in [0.717, 1.165) is 27.9 Å². The average molecular weight is 544 g/mol. The van der Waals surface area contributed by atoms with E-state index in [1.807, 2.05) is 30.3 Å². The molecule has 5 rings (SSSR count). The molecule has 0 radical (unpaired) electrons. The lowest BCUT2D eigenvalue weighted by Gasteiger charge is -2.29.